The number of fused-ring (bicyclic) bond motifs is 1. The summed E-state index contributed by atoms with van der Waals surface area (Å²) < 4.78 is 40.3. The van der Waals surface area contributed by atoms with Crippen molar-refractivity contribution in [2.24, 2.45) is 0 Å². The molecule has 156 valence electrons. The molecule has 0 aromatic heterocycles. The lowest BCUT2D eigenvalue weighted by Crippen LogP contribution is -2.03. The molecule has 0 spiro atoms. The largest absolute Gasteiger partial charge is 0.493 e. The Kier molecular flexibility index (Phi) is 6.26. The van der Waals surface area contributed by atoms with Crippen molar-refractivity contribution >= 4 is 15.5 Å². The predicted octanol–water partition coefficient (Wildman–Crippen LogP) is 3.69. The molecule has 29 heavy (non-hydrogen) atoms. The molecule has 0 aliphatic carbocycles. The monoisotopic (exact) mass is 421 g/mol. The fourth-order valence-corrected chi connectivity index (χ4v) is 4.32. The average molecular weight is 421 g/mol. The van der Waals surface area contributed by atoms with Crippen LogP contribution in [0.4, 0.5) is 5.69 Å². The molecule has 0 atom stereocenters. The van der Waals surface area contributed by atoms with Crippen molar-refractivity contribution in [2.45, 2.75) is 37.5 Å². The molecule has 0 bridgehead atoms. The number of nitro benzene ring substituents is 1. The number of aryl methyl sites for hydroxylation is 2. The maximum atomic E-state index is 12.1. The molecule has 1 heterocycles. The number of ether oxygens (including phenoxy) is 3. The van der Waals surface area contributed by atoms with E-state index in [1.54, 1.807) is 24.3 Å². The van der Waals surface area contributed by atoms with Crippen molar-refractivity contribution < 1.29 is 27.6 Å². The summed E-state index contributed by atoms with van der Waals surface area (Å²) in [7, 11) is -2.03. The van der Waals surface area contributed by atoms with Crippen LogP contribution in [0.5, 0.6) is 17.2 Å². The van der Waals surface area contributed by atoms with Gasteiger partial charge in [-0.2, -0.15) is 0 Å². The Morgan fingerprint density at radius 3 is 2.66 bits per heavy atom. The fourth-order valence-electron chi connectivity index (χ4n) is 3.20. The van der Waals surface area contributed by atoms with Gasteiger partial charge < -0.3 is 14.2 Å². The Hall–Kier alpha value is -2.81. The zero-order valence-electron chi connectivity index (χ0n) is 16.3. The number of nitro groups is 1. The zero-order chi connectivity index (χ0) is 21.0. The molecule has 2 aromatic rings. The summed E-state index contributed by atoms with van der Waals surface area (Å²) in [5.74, 6) is 0.768. The van der Waals surface area contributed by atoms with Crippen LogP contribution in [0, 0.1) is 10.1 Å². The number of nitrogens with zero attached hydrogens (tertiary/aromatic N) is 1. The minimum atomic E-state index is -3.43. The number of rotatable bonds is 9. The first-order valence-electron chi connectivity index (χ1n) is 9.32. The maximum absolute atomic E-state index is 12.1. The second-order valence-electron chi connectivity index (χ2n) is 6.75. The first kappa shape index (κ1) is 20.9. The SMILES string of the molecule is CCCOc1cc2c(cc1CCCc1ccc(OC)c([N+](=O)[O-])c1)OCS2(=O)=O. The molecule has 8 nitrogen and oxygen atoms in total. The molecule has 1 aliphatic heterocycles. The molecule has 0 saturated heterocycles. The molecular weight excluding hydrogens is 398 g/mol. The van der Waals surface area contributed by atoms with E-state index in [1.807, 2.05) is 6.92 Å². The summed E-state index contributed by atoms with van der Waals surface area (Å²) in [5, 5.41) is 11.2. The molecule has 0 radical (unpaired) electrons. The number of methoxy groups -OCH3 is 1. The highest BCUT2D eigenvalue weighted by molar-refractivity contribution is 7.91. The molecule has 1 aliphatic rings. The topological polar surface area (TPSA) is 105 Å². The van der Waals surface area contributed by atoms with Crippen LogP contribution in [-0.2, 0) is 22.7 Å². The van der Waals surface area contributed by atoms with Gasteiger partial charge in [-0.3, -0.25) is 10.1 Å². The Bertz CT molecular complexity index is 1020. The minimum Gasteiger partial charge on any atom is -0.493 e. The van der Waals surface area contributed by atoms with Crippen molar-refractivity contribution in [1.29, 1.82) is 0 Å². The van der Waals surface area contributed by atoms with Gasteiger partial charge in [0.25, 0.3) is 0 Å². The molecule has 2 aromatic carbocycles. The third kappa shape index (κ3) is 4.61. The third-order valence-electron chi connectivity index (χ3n) is 4.64. The molecule has 0 fully saturated rings. The number of hydrogen-bond donors (Lipinski definition) is 0. The fraction of sp³-hybridized carbons (Fsp3) is 0.400. The van der Waals surface area contributed by atoms with Gasteiger partial charge in [0.1, 0.15) is 16.4 Å². The van der Waals surface area contributed by atoms with Crippen LogP contribution in [0.3, 0.4) is 0 Å². The average Bonchev–Trinajstić information content (AvgIpc) is 2.99. The minimum absolute atomic E-state index is 0.0619. The van der Waals surface area contributed by atoms with Crippen molar-refractivity contribution in [2.75, 3.05) is 19.7 Å². The maximum Gasteiger partial charge on any atom is 0.311 e. The van der Waals surface area contributed by atoms with Gasteiger partial charge in [-0.05, 0) is 48.9 Å². The lowest BCUT2D eigenvalue weighted by atomic mass is 10.0. The Labute approximate surface area is 169 Å². The van der Waals surface area contributed by atoms with Crippen LogP contribution in [0.2, 0.25) is 0 Å². The highest BCUT2D eigenvalue weighted by Gasteiger charge is 2.30. The molecule has 0 unspecified atom stereocenters. The van der Waals surface area contributed by atoms with Crippen molar-refractivity contribution in [3.63, 3.8) is 0 Å². The van der Waals surface area contributed by atoms with Crippen LogP contribution in [-0.4, -0.2) is 33.0 Å². The van der Waals surface area contributed by atoms with Crippen LogP contribution in [0.25, 0.3) is 0 Å². The van der Waals surface area contributed by atoms with Crippen molar-refractivity contribution in [3.05, 3.63) is 51.6 Å². The molecule has 0 saturated carbocycles. The third-order valence-corrected chi connectivity index (χ3v) is 6.06. The van der Waals surface area contributed by atoms with Gasteiger partial charge in [-0.15, -0.1) is 0 Å². The van der Waals surface area contributed by atoms with E-state index in [4.69, 9.17) is 14.2 Å². The summed E-state index contributed by atoms with van der Waals surface area (Å²) in [4.78, 5) is 10.9. The quantitative estimate of drug-likeness (QED) is 0.449. The van der Waals surface area contributed by atoms with E-state index in [1.165, 1.54) is 13.2 Å². The summed E-state index contributed by atoms with van der Waals surface area (Å²) in [5.41, 5.74) is 1.62. The number of hydrogen-bond acceptors (Lipinski definition) is 7. The van der Waals surface area contributed by atoms with Gasteiger partial charge in [0.05, 0.1) is 18.6 Å². The summed E-state index contributed by atoms with van der Waals surface area (Å²) >= 11 is 0. The second-order valence-corrected chi connectivity index (χ2v) is 8.65. The molecule has 0 N–H and O–H groups in total. The number of benzene rings is 2. The van der Waals surface area contributed by atoms with E-state index in [2.05, 4.69) is 0 Å². The summed E-state index contributed by atoms with van der Waals surface area (Å²) in [6.07, 6.45) is 2.75. The highest BCUT2D eigenvalue weighted by Crippen LogP contribution is 2.38. The molecule has 0 amide bonds. The normalized spacial score (nSPS) is 14.1. The summed E-state index contributed by atoms with van der Waals surface area (Å²) in [6, 6.07) is 8.18. The first-order chi connectivity index (χ1) is 13.9. The van der Waals surface area contributed by atoms with Crippen LogP contribution < -0.4 is 14.2 Å². The van der Waals surface area contributed by atoms with Gasteiger partial charge in [0.15, 0.2) is 11.7 Å². The lowest BCUT2D eigenvalue weighted by molar-refractivity contribution is -0.385. The Morgan fingerprint density at radius 2 is 1.97 bits per heavy atom. The standard InChI is InChI=1S/C20H23NO7S/c1-3-9-27-18-12-20-19(28-13-29(20,24)25)11-15(18)6-4-5-14-7-8-17(26-2)16(10-14)21(22)23/h7-8,10-12H,3-6,9,13H2,1-2H3. The molecule has 3 rings (SSSR count). The smallest absolute Gasteiger partial charge is 0.311 e. The van der Waals surface area contributed by atoms with E-state index < -0.39 is 14.8 Å². The predicted molar refractivity (Wildman–Crippen MR) is 107 cm³/mol. The highest BCUT2D eigenvalue weighted by atomic mass is 32.2. The molecule has 9 heteroatoms. The number of sulfone groups is 1. The van der Waals surface area contributed by atoms with E-state index in [9.17, 15) is 18.5 Å². The van der Waals surface area contributed by atoms with Crippen LogP contribution >= 0.6 is 0 Å². The Balaban J connectivity index is 1.77. The summed E-state index contributed by atoms with van der Waals surface area (Å²) in [6.45, 7) is 2.46. The van der Waals surface area contributed by atoms with Gasteiger partial charge in [-0.25, -0.2) is 8.42 Å². The van der Waals surface area contributed by atoms with E-state index >= 15 is 0 Å². The van der Waals surface area contributed by atoms with Gasteiger partial charge in [0, 0.05) is 12.1 Å². The van der Waals surface area contributed by atoms with Gasteiger partial charge in [0.2, 0.25) is 9.84 Å². The van der Waals surface area contributed by atoms with E-state index in [0.29, 0.717) is 37.4 Å². The zero-order valence-corrected chi connectivity index (χ0v) is 17.2. The van der Waals surface area contributed by atoms with Gasteiger partial charge >= 0.3 is 5.69 Å². The van der Waals surface area contributed by atoms with Crippen LogP contribution in [0.1, 0.15) is 30.9 Å². The Morgan fingerprint density at radius 1 is 1.17 bits per heavy atom. The lowest BCUT2D eigenvalue weighted by Gasteiger charge is -2.13. The van der Waals surface area contributed by atoms with E-state index in [-0.39, 0.29) is 22.3 Å². The van der Waals surface area contributed by atoms with Gasteiger partial charge in [-0.1, -0.05) is 13.0 Å². The van der Waals surface area contributed by atoms with Crippen LogP contribution in [0.15, 0.2) is 35.2 Å². The van der Waals surface area contributed by atoms with E-state index in [0.717, 1.165) is 17.5 Å². The molecular formula is C20H23NO7S. The first-order valence-corrected chi connectivity index (χ1v) is 11.0. The van der Waals surface area contributed by atoms with Crippen molar-refractivity contribution in [3.8, 4) is 17.2 Å². The van der Waals surface area contributed by atoms with Crippen molar-refractivity contribution in [1.82, 2.24) is 0 Å². The second kappa shape index (κ2) is 8.69.